The summed E-state index contributed by atoms with van der Waals surface area (Å²) in [6, 6.07) is 6.30. The minimum atomic E-state index is 0.315. The number of halogens is 1. The van der Waals surface area contributed by atoms with E-state index in [9.17, 15) is 0 Å². The highest BCUT2D eigenvalue weighted by atomic mass is 127. The van der Waals surface area contributed by atoms with Crippen molar-refractivity contribution in [1.82, 2.24) is 10.3 Å². The molecule has 2 unspecified atom stereocenters. The van der Waals surface area contributed by atoms with Crippen LogP contribution in [0.2, 0.25) is 0 Å². The van der Waals surface area contributed by atoms with Gasteiger partial charge in [-0.05, 0) is 25.6 Å². The molecule has 18 heavy (non-hydrogen) atoms. The number of allylic oxidation sites excluding steroid dienone is 1. The molecule has 0 radical (unpaired) electrons. The van der Waals surface area contributed by atoms with Crippen LogP contribution in [0.15, 0.2) is 35.5 Å². The standard InChI is InChI=1S/C14H18IN3/c1-16-9-7-11-4-2-6-14(18-11)12-10-17-8-3-5-13(12)15/h2-4,6,8,10,12-13,16H,5,7,9H2,1H3. The summed E-state index contributed by atoms with van der Waals surface area (Å²) in [5.74, 6) is 0.315. The predicted molar refractivity (Wildman–Crippen MR) is 84.7 cm³/mol. The van der Waals surface area contributed by atoms with E-state index in [1.165, 1.54) is 0 Å². The second-order valence-electron chi connectivity index (χ2n) is 4.37. The first kappa shape index (κ1) is 13.7. The van der Waals surface area contributed by atoms with E-state index < -0.39 is 0 Å². The Morgan fingerprint density at radius 3 is 3.17 bits per heavy atom. The SMILES string of the molecule is CNCCc1cccc(C2C=NC=CCC2I)n1. The molecular formula is C14H18IN3. The van der Waals surface area contributed by atoms with E-state index in [2.05, 4.69) is 57.2 Å². The Bertz CT molecular complexity index is 442. The number of nitrogens with one attached hydrogen (secondary N) is 1. The Balaban J connectivity index is 2.16. The van der Waals surface area contributed by atoms with Crippen LogP contribution >= 0.6 is 22.6 Å². The van der Waals surface area contributed by atoms with E-state index in [0.29, 0.717) is 9.84 Å². The molecule has 3 nitrogen and oxygen atoms in total. The molecule has 1 aliphatic rings. The van der Waals surface area contributed by atoms with Gasteiger partial charge in [0.1, 0.15) is 0 Å². The molecular weight excluding hydrogens is 337 g/mol. The van der Waals surface area contributed by atoms with Crippen molar-refractivity contribution in [2.45, 2.75) is 22.7 Å². The molecule has 2 rings (SSSR count). The number of hydrogen-bond acceptors (Lipinski definition) is 3. The molecule has 0 saturated carbocycles. The van der Waals surface area contributed by atoms with Gasteiger partial charge in [0.05, 0.1) is 5.69 Å². The van der Waals surface area contributed by atoms with Crippen molar-refractivity contribution >= 4 is 28.8 Å². The maximum atomic E-state index is 4.76. The molecule has 0 amide bonds. The summed E-state index contributed by atoms with van der Waals surface area (Å²) in [5, 5.41) is 3.16. The van der Waals surface area contributed by atoms with Crippen molar-refractivity contribution in [2.75, 3.05) is 13.6 Å². The van der Waals surface area contributed by atoms with Crippen LogP contribution in [0, 0.1) is 0 Å². The fourth-order valence-corrected chi connectivity index (χ4v) is 2.82. The summed E-state index contributed by atoms with van der Waals surface area (Å²) in [4.78, 5) is 9.07. The topological polar surface area (TPSA) is 37.3 Å². The van der Waals surface area contributed by atoms with Gasteiger partial charge in [-0.25, -0.2) is 0 Å². The maximum absolute atomic E-state index is 4.76. The van der Waals surface area contributed by atoms with Crippen molar-refractivity contribution in [3.8, 4) is 0 Å². The monoisotopic (exact) mass is 355 g/mol. The molecule has 0 bridgehead atoms. The van der Waals surface area contributed by atoms with E-state index in [1.54, 1.807) is 0 Å². The Labute approximate surface area is 122 Å². The van der Waals surface area contributed by atoms with Crippen LogP contribution in [0.3, 0.4) is 0 Å². The van der Waals surface area contributed by atoms with Crippen LogP contribution in [0.5, 0.6) is 0 Å². The zero-order valence-electron chi connectivity index (χ0n) is 10.5. The number of rotatable bonds is 4. The quantitative estimate of drug-likeness (QED) is 0.666. The van der Waals surface area contributed by atoms with Gasteiger partial charge in [-0.2, -0.15) is 0 Å². The second-order valence-corrected chi connectivity index (χ2v) is 5.97. The van der Waals surface area contributed by atoms with Crippen LogP contribution in [0.1, 0.15) is 23.7 Å². The molecule has 1 aliphatic heterocycles. The summed E-state index contributed by atoms with van der Waals surface area (Å²) in [5.41, 5.74) is 2.28. The van der Waals surface area contributed by atoms with Gasteiger partial charge in [0, 0.05) is 40.9 Å². The summed E-state index contributed by atoms with van der Waals surface area (Å²) in [6.45, 7) is 0.963. The van der Waals surface area contributed by atoms with Crippen LogP contribution < -0.4 is 5.32 Å². The van der Waals surface area contributed by atoms with Crippen molar-refractivity contribution in [1.29, 1.82) is 0 Å². The third kappa shape index (κ3) is 3.62. The van der Waals surface area contributed by atoms with E-state index in [1.807, 2.05) is 19.5 Å². The first-order valence-electron chi connectivity index (χ1n) is 6.24. The number of aliphatic imine (C=N–C) groups is 1. The summed E-state index contributed by atoms with van der Waals surface area (Å²) in [7, 11) is 1.97. The summed E-state index contributed by atoms with van der Waals surface area (Å²) < 4.78 is 0.525. The lowest BCUT2D eigenvalue weighted by atomic mass is 10.00. The number of likely N-dealkylation sites (N-methyl/N-ethyl adjacent to an activating group) is 1. The van der Waals surface area contributed by atoms with Crippen molar-refractivity contribution < 1.29 is 0 Å². The minimum absolute atomic E-state index is 0.315. The highest BCUT2D eigenvalue weighted by Gasteiger charge is 2.20. The van der Waals surface area contributed by atoms with Crippen molar-refractivity contribution in [3.63, 3.8) is 0 Å². The highest BCUT2D eigenvalue weighted by Crippen LogP contribution is 2.27. The van der Waals surface area contributed by atoms with Gasteiger partial charge in [0.25, 0.3) is 0 Å². The first-order chi connectivity index (χ1) is 8.81. The summed E-state index contributed by atoms with van der Waals surface area (Å²) >= 11 is 2.49. The van der Waals surface area contributed by atoms with E-state index in [-0.39, 0.29) is 0 Å². The lowest BCUT2D eigenvalue weighted by Crippen LogP contribution is -2.16. The second kappa shape index (κ2) is 6.99. The third-order valence-corrected chi connectivity index (χ3v) is 4.27. The molecule has 96 valence electrons. The minimum Gasteiger partial charge on any atom is -0.319 e. The number of pyridine rings is 1. The highest BCUT2D eigenvalue weighted by molar-refractivity contribution is 14.1. The van der Waals surface area contributed by atoms with Gasteiger partial charge >= 0.3 is 0 Å². The zero-order valence-corrected chi connectivity index (χ0v) is 12.7. The third-order valence-electron chi connectivity index (χ3n) is 2.99. The van der Waals surface area contributed by atoms with Crippen molar-refractivity contribution in [3.05, 3.63) is 41.9 Å². The molecule has 0 saturated heterocycles. The Morgan fingerprint density at radius 2 is 2.33 bits per heavy atom. The largest absolute Gasteiger partial charge is 0.319 e. The number of alkyl halides is 1. The first-order valence-corrected chi connectivity index (χ1v) is 7.48. The molecule has 2 heterocycles. The van der Waals surface area contributed by atoms with E-state index in [4.69, 9.17) is 4.98 Å². The molecule has 0 fully saturated rings. The molecule has 1 N–H and O–H groups in total. The average Bonchev–Trinajstić information content (AvgIpc) is 2.61. The fourth-order valence-electron chi connectivity index (χ4n) is 1.97. The number of hydrogen-bond donors (Lipinski definition) is 1. The van der Waals surface area contributed by atoms with E-state index in [0.717, 1.165) is 30.8 Å². The Morgan fingerprint density at radius 1 is 1.44 bits per heavy atom. The molecule has 0 aromatic carbocycles. The zero-order chi connectivity index (χ0) is 12.8. The Kier molecular flexibility index (Phi) is 5.31. The van der Waals surface area contributed by atoms with Gasteiger partial charge in [-0.15, -0.1) is 0 Å². The average molecular weight is 355 g/mol. The molecule has 0 spiro atoms. The van der Waals surface area contributed by atoms with Gasteiger partial charge in [0.2, 0.25) is 0 Å². The lowest BCUT2D eigenvalue weighted by molar-refractivity contribution is 0.758. The van der Waals surface area contributed by atoms with E-state index >= 15 is 0 Å². The number of nitrogens with zero attached hydrogens (tertiary/aromatic N) is 2. The van der Waals surface area contributed by atoms with Crippen LogP contribution in [-0.2, 0) is 6.42 Å². The normalized spacial score (nSPS) is 23.0. The molecule has 2 atom stereocenters. The number of aromatic nitrogens is 1. The molecule has 1 aromatic rings. The van der Waals surface area contributed by atoms with Gasteiger partial charge in [-0.3, -0.25) is 9.98 Å². The van der Waals surface area contributed by atoms with Crippen LogP contribution in [-0.4, -0.2) is 28.7 Å². The molecule has 0 aliphatic carbocycles. The molecule has 1 aromatic heterocycles. The maximum Gasteiger partial charge on any atom is 0.0501 e. The van der Waals surface area contributed by atoms with Gasteiger partial charge < -0.3 is 5.32 Å². The lowest BCUT2D eigenvalue weighted by Gasteiger charge is -2.16. The van der Waals surface area contributed by atoms with Crippen molar-refractivity contribution in [2.24, 2.45) is 4.99 Å². The van der Waals surface area contributed by atoms with Crippen LogP contribution in [0.4, 0.5) is 0 Å². The Hall–Kier alpha value is -0.750. The van der Waals surface area contributed by atoms with Gasteiger partial charge in [0.15, 0.2) is 0 Å². The fraction of sp³-hybridized carbons (Fsp3) is 0.429. The smallest absolute Gasteiger partial charge is 0.0501 e. The van der Waals surface area contributed by atoms with Gasteiger partial charge in [-0.1, -0.05) is 34.7 Å². The van der Waals surface area contributed by atoms with Crippen LogP contribution in [0.25, 0.3) is 0 Å². The summed E-state index contributed by atoms with van der Waals surface area (Å²) in [6.07, 6.45) is 8.05. The molecule has 4 heteroatoms. The predicted octanol–water partition coefficient (Wildman–Crippen LogP) is 2.72.